The number of aromatic hydroxyl groups is 1. The molecule has 0 unspecified atom stereocenters. The van der Waals surface area contributed by atoms with Gasteiger partial charge in [-0.2, -0.15) is 0 Å². The predicted molar refractivity (Wildman–Crippen MR) is 231 cm³/mol. The first-order chi connectivity index (χ1) is 28.5. The average molecular weight is 847 g/mol. The van der Waals surface area contributed by atoms with E-state index in [1.54, 1.807) is 27.7 Å². The van der Waals surface area contributed by atoms with Crippen LogP contribution in [0.5, 0.6) is 23.0 Å². The van der Waals surface area contributed by atoms with Crippen molar-refractivity contribution in [3.63, 3.8) is 0 Å². The quantitative estimate of drug-likeness (QED) is 0.128. The number of nitrogens with zero attached hydrogens (tertiary/aromatic N) is 1. The molecule has 1 spiro atoms. The molecule has 8 N–H and O–H groups in total. The number of aryl methyl sites for hydroxylation is 2. The Hall–Kier alpha value is -3.76. The van der Waals surface area contributed by atoms with Crippen molar-refractivity contribution >= 4 is 33.3 Å². The van der Waals surface area contributed by atoms with Gasteiger partial charge in [-0.25, -0.2) is 4.99 Å². The number of phenols is 1. The van der Waals surface area contributed by atoms with Gasteiger partial charge in [0.1, 0.15) is 12.5 Å². The van der Waals surface area contributed by atoms with Gasteiger partial charge in [0.05, 0.1) is 23.8 Å². The van der Waals surface area contributed by atoms with E-state index in [1.807, 2.05) is 0 Å². The van der Waals surface area contributed by atoms with Crippen LogP contribution >= 0.6 is 21.6 Å². The van der Waals surface area contributed by atoms with E-state index < -0.39 is 25.2 Å². The smallest absolute Gasteiger partial charge is 0.201 e. The predicted octanol–water partition coefficient (Wildman–Crippen LogP) is 4.73. The number of ether oxygens (including phenoxy) is 3. The first kappa shape index (κ1) is 43.3. The van der Waals surface area contributed by atoms with Gasteiger partial charge in [-0.1, -0.05) is 90.5 Å². The molecule has 4 aliphatic heterocycles. The van der Waals surface area contributed by atoms with Crippen LogP contribution in [-0.2, 0) is 30.5 Å². The lowest BCUT2D eigenvalue weighted by molar-refractivity contribution is -0.121. The van der Waals surface area contributed by atoms with Gasteiger partial charge >= 0.3 is 0 Å². The Morgan fingerprint density at radius 2 is 1.83 bits per heavy atom. The summed E-state index contributed by atoms with van der Waals surface area (Å²) in [5.41, 5.74) is 10.0. The van der Waals surface area contributed by atoms with Crippen LogP contribution in [0.1, 0.15) is 99.5 Å². The number of hydrogen-bond donors (Lipinski definition) is 7. The number of carbonyl (C=O) groups excluding carboxylic acids is 1. The zero-order chi connectivity index (χ0) is 41.5. The number of nitrogens with two attached hydrogens (primary N) is 1. The highest BCUT2D eigenvalue weighted by Gasteiger charge is 2.42. The number of ketones is 1. The first-order valence-corrected chi connectivity index (χ1v) is 23.5. The van der Waals surface area contributed by atoms with Gasteiger partial charge in [-0.15, -0.1) is 0 Å². The molecule has 0 saturated heterocycles. The molecule has 6 atom stereocenters. The van der Waals surface area contributed by atoms with Crippen LogP contribution in [0.25, 0.3) is 0 Å². The van der Waals surface area contributed by atoms with E-state index >= 15 is 0 Å². The molecule has 0 amide bonds. The molecule has 6 aliphatic rings. The van der Waals surface area contributed by atoms with Crippen LogP contribution < -0.4 is 30.6 Å². The molecule has 12 nitrogen and oxygen atoms in total. The Balaban J connectivity index is 1.35. The summed E-state index contributed by atoms with van der Waals surface area (Å²) in [6.45, 7) is 3.82. The highest BCUT2D eigenvalue weighted by Crippen LogP contribution is 2.47. The Morgan fingerprint density at radius 3 is 2.63 bits per heavy atom. The summed E-state index contributed by atoms with van der Waals surface area (Å²) >= 11 is 0. The van der Waals surface area contributed by atoms with Crippen LogP contribution in [0.15, 0.2) is 23.2 Å². The summed E-state index contributed by atoms with van der Waals surface area (Å²) in [5, 5.41) is 50.9. The second-order valence-corrected chi connectivity index (χ2v) is 19.4. The lowest BCUT2D eigenvalue weighted by Gasteiger charge is -2.41. The number of carbonyl (C=O) groups is 1. The number of guanidine groups is 1. The molecule has 59 heavy (non-hydrogen) atoms. The largest absolute Gasteiger partial charge is 0.504 e. The fourth-order valence-corrected chi connectivity index (χ4v) is 11.8. The van der Waals surface area contributed by atoms with Crippen molar-refractivity contribution in [2.24, 2.45) is 28.5 Å². The van der Waals surface area contributed by atoms with Crippen molar-refractivity contribution in [2.75, 3.05) is 25.0 Å². The highest BCUT2D eigenvalue weighted by atomic mass is 33.1. The summed E-state index contributed by atoms with van der Waals surface area (Å²) in [6, 6.07) is 4.87. The molecular weight excluding hydrogens is 789 g/mol. The van der Waals surface area contributed by atoms with Crippen molar-refractivity contribution in [1.29, 1.82) is 0 Å². The van der Waals surface area contributed by atoms with E-state index in [4.69, 9.17) is 24.9 Å². The number of rotatable bonds is 3. The average Bonchev–Trinajstić information content (AvgIpc) is 3.21. The molecule has 14 heteroatoms. The monoisotopic (exact) mass is 846 g/mol. The minimum absolute atomic E-state index is 0.00970. The molecule has 2 aliphatic carbocycles. The van der Waals surface area contributed by atoms with Gasteiger partial charge in [-0.05, 0) is 61.6 Å². The zero-order valence-corrected chi connectivity index (χ0v) is 35.7. The summed E-state index contributed by atoms with van der Waals surface area (Å²) in [4.78, 5) is 18.1. The minimum Gasteiger partial charge on any atom is -0.504 e. The Morgan fingerprint density at radius 1 is 1.02 bits per heavy atom. The van der Waals surface area contributed by atoms with Crippen molar-refractivity contribution in [3.05, 3.63) is 46.0 Å². The molecule has 4 heterocycles. The summed E-state index contributed by atoms with van der Waals surface area (Å²) in [6.07, 6.45) is 5.76. The van der Waals surface area contributed by atoms with Crippen LogP contribution in [0.2, 0.25) is 0 Å². The maximum atomic E-state index is 13.2. The van der Waals surface area contributed by atoms with Crippen molar-refractivity contribution < 1.29 is 39.4 Å². The van der Waals surface area contributed by atoms with E-state index in [2.05, 4.69) is 54.2 Å². The molecule has 8 rings (SSSR count). The van der Waals surface area contributed by atoms with Gasteiger partial charge < -0.3 is 45.7 Å². The van der Waals surface area contributed by atoms with E-state index in [0.717, 1.165) is 48.1 Å². The van der Waals surface area contributed by atoms with Gasteiger partial charge in [0.25, 0.3) is 0 Å². The Labute approximate surface area is 355 Å². The van der Waals surface area contributed by atoms with Gasteiger partial charge in [0, 0.05) is 65.7 Å². The summed E-state index contributed by atoms with van der Waals surface area (Å²) < 4.78 is 18.8. The van der Waals surface area contributed by atoms with Crippen LogP contribution in [0.3, 0.4) is 0 Å². The Bertz CT molecular complexity index is 2000. The molecule has 1 saturated carbocycles. The molecule has 0 aromatic heterocycles. The maximum absolute atomic E-state index is 13.2. The maximum Gasteiger partial charge on any atom is 0.201 e. The number of nitrogens with one attached hydrogen (secondary N) is 2. The van der Waals surface area contributed by atoms with Gasteiger partial charge in [-0.3, -0.25) is 10.1 Å². The third-order valence-corrected chi connectivity index (χ3v) is 14.9. The second kappa shape index (κ2) is 19.7. The van der Waals surface area contributed by atoms with E-state index in [9.17, 15) is 25.2 Å². The zero-order valence-electron chi connectivity index (χ0n) is 34.1. The second-order valence-electron chi connectivity index (χ2n) is 16.8. The molecule has 2 aromatic carbocycles. The number of Topliss-reactive ketones (excluding diaryl/α,β-unsaturated/α-hetero) is 1. The fraction of sp³-hybridized carbons (Fsp3) is 0.600. The van der Waals surface area contributed by atoms with Crippen molar-refractivity contribution in [3.8, 4) is 46.7 Å². The lowest BCUT2D eigenvalue weighted by atomic mass is 9.78. The normalized spacial score (nSPS) is 27.5. The van der Waals surface area contributed by atoms with E-state index in [0.29, 0.717) is 72.4 Å². The number of phenolic OH excluding ortho intramolecular Hbond substituents is 1. The molecule has 0 radical (unpaired) electrons. The highest BCUT2D eigenvalue weighted by molar-refractivity contribution is 8.76. The van der Waals surface area contributed by atoms with Gasteiger partial charge in [0.15, 0.2) is 35.8 Å². The van der Waals surface area contributed by atoms with E-state index in [1.165, 1.54) is 12.5 Å². The number of aliphatic imine (C=N–C) groups is 1. The third kappa shape index (κ3) is 10.4. The number of aliphatic hydroxyl groups excluding tert-OH is 3. The van der Waals surface area contributed by atoms with Crippen molar-refractivity contribution in [1.82, 2.24) is 10.6 Å². The molecule has 318 valence electrons. The lowest BCUT2D eigenvalue weighted by Crippen LogP contribution is -2.52. The van der Waals surface area contributed by atoms with Crippen LogP contribution in [0, 0.1) is 41.4 Å². The van der Waals surface area contributed by atoms with Crippen molar-refractivity contribution in [2.45, 2.75) is 127 Å². The molecule has 2 aromatic rings. The number of hydrogen-bond acceptors (Lipinski definition) is 14. The molecule has 6 bridgehead atoms. The Kier molecular flexibility index (Phi) is 14.5. The van der Waals surface area contributed by atoms with Gasteiger partial charge in [0.2, 0.25) is 6.29 Å². The number of benzene rings is 2. The van der Waals surface area contributed by atoms with Crippen LogP contribution in [-0.4, -0.2) is 87.2 Å². The molecule has 1 fully saturated rings. The number of fused-ring (bicyclic) bond motifs is 7. The first-order valence-electron chi connectivity index (χ1n) is 21.0. The topological polar surface area (TPSA) is 188 Å². The SMILES string of the molecule is CC(C)[C@H]1CSSC[C@H]2[C@@H]3Cc4c5cc(c(c4O[C@H]3O)OCNC3(CC#C[C@H]2NC(N)=N1)CCCCC3)CC#Cc1c(ccc(O)c1OCO)CCC(=O)C[C@H](O)CC5. The minimum atomic E-state index is -1.20. The standard InChI is InChI=1S/C45H58N4O8S2/c1-27(2)38-24-59-58-23-36-35-22-34-29-12-15-32(52)21-31(51)14-11-28-13-16-39(53)41(56-26-50)33(28)9-6-8-30(20-29)40(42(34)57-43(35)54)55-25-47-45(17-4-3-5-18-45)19-7-10-37(36)48-44(46)49-38/h13,16,20,27,32,35-38,43,47,50,52-54H,3-5,8,11-12,14-15,17-19,21-26H2,1-2H3,(H3,46,48,49)/t32-,35+,36+,37-,38-,43-/m1/s1. The molecular formula is C45H58N4O8S2. The fourth-order valence-electron chi connectivity index (χ4n) is 8.97. The summed E-state index contributed by atoms with van der Waals surface area (Å²) in [7, 11) is 3.53. The van der Waals surface area contributed by atoms with E-state index in [-0.39, 0.29) is 66.7 Å². The van der Waals surface area contributed by atoms with Crippen LogP contribution in [0.4, 0.5) is 0 Å². The summed E-state index contributed by atoms with van der Waals surface area (Å²) in [5.74, 6) is 15.9. The third-order valence-electron chi connectivity index (χ3n) is 12.5. The number of aliphatic hydroxyl groups is 3.